The maximum Gasteiger partial charge on any atom is 0.218 e. The number of hydrogen-bond acceptors (Lipinski definition) is 4. The van der Waals surface area contributed by atoms with Crippen molar-refractivity contribution in [3.8, 4) is 5.88 Å². The molecule has 18 heavy (non-hydrogen) atoms. The van der Waals surface area contributed by atoms with Gasteiger partial charge < -0.3 is 10.1 Å². The van der Waals surface area contributed by atoms with Gasteiger partial charge in [0.15, 0.2) is 0 Å². The Labute approximate surface area is 109 Å². The van der Waals surface area contributed by atoms with Crippen molar-refractivity contribution in [3.63, 3.8) is 0 Å². The zero-order chi connectivity index (χ0) is 13.0. The second-order valence-electron chi connectivity index (χ2n) is 5.29. The minimum absolute atomic E-state index is 0.552. The fourth-order valence-corrected chi connectivity index (χ4v) is 1.71. The zero-order valence-corrected chi connectivity index (χ0v) is 11.6. The minimum atomic E-state index is 0.552. The Morgan fingerprint density at radius 3 is 2.78 bits per heavy atom. The van der Waals surface area contributed by atoms with Gasteiger partial charge in [0.2, 0.25) is 5.88 Å². The summed E-state index contributed by atoms with van der Waals surface area (Å²) in [7, 11) is 0. The number of hydrogen-bond donors (Lipinski definition) is 1. The van der Waals surface area contributed by atoms with Crippen LogP contribution in [0, 0.1) is 5.92 Å². The second kappa shape index (κ2) is 6.03. The molecule has 1 N–H and O–H groups in total. The zero-order valence-electron chi connectivity index (χ0n) is 11.6. The molecule has 0 atom stereocenters. The highest BCUT2D eigenvalue weighted by atomic mass is 16.5. The van der Waals surface area contributed by atoms with Crippen molar-refractivity contribution in [2.24, 2.45) is 5.92 Å². The summed E-state index contributed by atoms with van der Waals surface area (Å²) in [5.74, 6) is 3.74. The molecule has 1 aliphatic carbocycles. The summed E-state index contributed by atoms with van der Waals surface area (Å²) < 4.78 is 5.73. The van der Waals surface area contributed by atoms with Crippen LogP contribution >= 0.6 is 0 Å². The molecule has 1 aromatic heterocycles. The van der Waals surface area contributed by atoms with E-state index >= 15 is 0 Å². The van der Waals surface area contributed by atoms with E-state index in [2.05, 4.69) is 36.1 Å². The first-order valence-corrected chi connectivity index (χ1v) is 6.94. The first-order valence-electron chi connectivity index (χ1n) is 6.94. The predicted octanol–water partition coefficient (Wildman–Crippen LogP) is 3.21. The molecule has 1 aromatic rings. The molecule has 4 heteroatoms. The molecule has 0 bridgehead atoms. The molecule has 0 radical (unpaired) electrons. The molecule has 0 spiro atoms. The second-order valence-corrected chi connectivity index (χ2v) is 5.29. The molecule has 0 saturated heterocycles. The third-order valence-electron chi connectivity index (χ3n) is 2.97. The Kier molecular flexibility index (Phi) is 4.39. The molecule has 1 heterocycles. The third kappa shape index (κ3) is 3.86. The SMILES string of the molecule is CCNc1cc(OCCC(C)C)nc(C2CC2)n1. The van der Waals surface area contributed by atoms with Crippen molar-refractivity contribution in [1.29, 1.82) is 0 Å². The molecule has 0 unspecified atom stereocenters. The van der Waals surface area contributed by atoms with Gasteiger partial charge in [0.1, 0.15) is 11.6 Å². The fourth-order valence-electron chi connectivity index (χ4n) is 1.71. The molecule has 100 valence electrons. The van der Waals surface area contributed by atoms with Crippen molar-refractivity contribution in [3.05, 3.63) is 11.9 Å². The van der Waals surface area contributed by atoms with Crippen LogP contribution in [0.5, 0.6) is 5.88 Å². The molecule has 1 aliphatic rings. The number of ether oxygens (including phenoxy) is 1. The monoisotopic (exact) mass is 249 g/mol. The lowest BCUT2D eigenvalue weighted by molar-refractivity contribution is 0.278. The van der Waals surface area contributed by atoms with E-state index in [1.165, 1.54) is 12.8 Å². The van der Waals surface area contributed by atoms with Crippen molar-refractivity contribution in [1.82, 2.24) is 9.97 Å². The Bertz CT molecular complexity index is 389. The maximum atomic E-state index is 5.73. The summed E-state index contributed by atoms with van der Waals surface area (Å²) in [5, 5.41) is 3.24. The van der Waals surface area contributed by atoms with Crippen LogP contribution in [-0.2, 0) is 0 Å². The fraction of sp³-hybridized carbons (Fsp3) is 0.714. The molecule has 0 aromatic carbocycles. The Morgan fingerprint density at radius 2 is 2.17 bits per heavy atom. The first kappa shape index (κ1) is 13.1. The smallest absolute Gasteiger partial charge is 0.218 e. The predicted molar refractivity (Wildman–Crippen MR) is 73.1 cm³/mol. The van der Waals surface area contributed by atoms with Gasteiger partial charge >= 0.3 is 0 Å². The van der Waals surface area contributed by atoms with E-state index in [0.717, 1.165) is 31.2 Å². The Hall–Kier alpha value is -1.32. The van der Waals surface area contributed by atoms with E-state index in [1.807, 2.05) is 6.07 Å². The summed E-state index contributed by atoms with van der Waals surface area (Å²) in [6.45, 7) is 8.06. The Balaban J connectivity index is 2.02. The number of nitrogens with one attached hydrogen (secondary N) is 1. The highest BCUT2D eigenvalue weighted by Gasteiger charge is 2.27. The lowest BCUT2D eigenvalue weighted by atomic mass is 10.1. The topological polar surface area (TPSA) is 47.0 Å². The van der Waals surface area contributed by atoms with E-state index in [1.54, 1.807) is 0 Å². The molecule has 0 amide bonds. The third-order valence-corrected chi connectivity index (χ3v) is 2.97. The number of anilines is 1. The summed E-state index contributed by atoms with van der Waals surface area (Å²) in [4.78, 5) is 9.03. The van der Waals surface area contributed by atoms with E-state index < -0.39 is 0 Å². The quantitative estimate of drug-likeness (QED) is 0.806. The van der Waals surface area contributed by atoms with E-state index in [0.29, 0.717) is 17.7 Å². The largest absolute Gasteiger partial charge is 0.478 e. The van der Waals surface area contributed by atoms with E-state index in [4.69, 9.17) is 4.74 Å². The van der Waals surface area contributed by atoms with Crippen LogP contribution in [0.2, 0.25) is 0 Å². The van der Waals surface area contributed by atoms with Crippen LogP contribution in [-0.4, -0.2) is 23.1 Å². The van der Waals surface area contributed by atoms with Crippen LogP contribution in [0.3, 0.4) is 0 Å². The summed E-state index contributed by atoms with van der Waals surface area (Å²) in [6.07, 6.45) is 3.47. The van der Waals surface area contributed by atoms with Crippen molar-refractivity contribution >= 4 is 5.82 Å². The van der Waals surface area contributed by atoms with E-state index in [9.17, 15) is 0 Å². The number of rotatable bonds is 7. The lowest BCUT2D eigenvalue weighted by Crippen LogP contribution is -2.07. The maximum absolute atomic E-state index is 5.73. The van der Waals surface area contributed by atoms with Crippen LogP contribution in [0.15, 0.2) is 6.07 Å². The van der Waals surface area contributed by atoms with Crippen LogP contribution in [0.1, 0.15) is 51.8 Å². The standard InChI is InChI=1S/C14H23N3O/c1-4-15-12-9-13(18-8-7-10(2)3)17-14(16-12)11-5-6-11/h9-11H,4-8H2,1-3H3,(H,15,16,17). The van der Waals surface area contributed by atoms with Gasteiger partial charge in [-0.15, -0.1) is 0 Å². The van der Waals surface area contributed by atoms with Gasteiger partial charge in [-0.1, -0.05) is 13.8 Å². The summed E-state index contributed by atoms with van der Waals surface area (Å²) in [5.41, 5.74) is 0. The van der Waals surface area contributed by atoms with Gasteiger partial charge in [0.25, 0.3) is 0 Å². The minimum Gasteiger partial charge on any atom is -0.478 e. The van der Waals surface area contributed by atoms with Crippen LogP contribution in [0.25, 0.3) is 0 Å². The van der Waals surface area contributed by atoms with Gasteiger partial charge in [-0.25, -0.2) is 4.98 Å². The highest BCUT2D eigenvalue weighted by molar-refractivity contribution is 5.39. The van der Waals surface area contributed by atoms with Crippen molar-refractivity contribution in [2.45, 2.75) is 46.0 Å². The Morgan fingerprint density at radius 1 is 1.39 bits per heavy atom. The van der Waals surface area contributed by atoms with Crippen LogP contribution in [0.4, 0.5) is 5.82 Å². The molecule has 4 nitrogen and oxygen atoms in total. The summed E-state index contributed by atoms with van der Waals surface area (Å²) >= 11 is 0. The summed E-state index contributed by atoms with van der Waals surface area (Å²) in [6, 6.07) is 1.90. The number of aromatic nitrogens is 2. The molecule has 1 saturated carbocycles. The molecule has 2 rings (SSSR count). The lowest BCUT2D eigenvalue weighted by Gasteiger charge is -2.10. The van der Waals surface area contributed by atoms with E-state index in [-0.39, 0.29) is 0 Å². The molecular weight excluding hydrogens is 226 g/mol. The molecular formula is C14H23N3O. The molecule has 0 aliphatic heterocycles. The highest BCUT2D eigenvalue weighted by Crippen LogP contribution is 2.39. The average Bonchev–Trinajstić information content (AvgIpc) is 3.12. The van der Waals surface area contributed by atoms with Crippen molar-refractivity contribution in [2.75, 3.05) is 18.5 Å². The van der Waals surface area contributed by atoms with Gasteiger partial charge in [-0.2, -0.15) is 4.98 Å². The molecule has 1 fully saturated rings. The van der Waals surface area contributed by atoms with Crippen LogP contribution < -0.4 is 10.1 Å². The van der Waals surface area contributed by atoms with Gasteiger partial charge in [-0.05, 0) is 32.1 Å². The first-order chi connectivity index (χ1) is 8.69. The van der Waals surface area contributed by atoms with Crippen molar-refractivity contribution < 1.29 is 4.74 Å². The normalized spacial score (nSPS) is 14.9. The average molecular weight is 249 g/mol. The number of nitrogens with zero attached hydrogens (tertiary/aromatic N) is 2. The van der Waals surface area contributed by atoms with Gasteiger partial charge in [0.05, 0.1) is 6.61 Å². The van der Waals surface area contributed by atoms with Gasteiger partial charge in [-0.3, -0.25) is 0 Å². The van der Waals surface area contributed by atoms with Gasteiger partial charge in [0, 0.05) is 18.5 Å².